The minimum Gasteiger partial charge on any atom is -0.370 e. The molecule has 3 nitrogen and oxygen atoms in total. The second-order valence-electron chi connectivity index (χ2n) is 3.79. The smallest absolute Gasteiger partial charge is 0.191 e. The third-order valence-electron chi connectivity index (χ3n) is 2.65. The van der Waals surface area contributed by atoms with Crippen LogP contribution >= 0.6 is 0 Å². The van der Waals surface area contributed by atoms with Gasteiger partial charge in [-0.05, 0) is 38.0 Å². The first kappa shape index (κ1) is 13.5. The van der Waals surface area contributed by atoms with Crippen LogP contribution in [0.2, 0.25) is 0 Å². The SMILES string of the molecule is CCN(CC)C(N)=NCCc1cccc(F)c1. The van der Waals surface area contributed by atoms with Gasteiger partial charge in [-0.15, -0.1) is 0 Å². The quantitative estimate of drug-likeness (QED) is 0.629. The largest absolute Gasteiger partial charge is 0.370 e. The zero-order valence-electron chi connectivity index (χ0n) is 10.5. The van der Waals surface area contributed by atoms with Gasteiger partial charge in [0.1, 0.15) is 5.82 Å². The van der Waals surface area contributed by atoms with Gasteiger partial charge in [0.2, 0.25) is 0 Å². The van der Waals surface area contributed by atoms with Crippen molar-refractivity contribution in [3.8, 4) is 0 Å². The van der Waals surface area contributed by atoms with Crippen molar-refractivity contribution < 1.29 is 4.39 Å². The van der Waals surface area contributed by atoms with Gasteiger partial charge in [0, 0.05) is 19.6 Å². The van der Waals surface area contributed by atoms with E-state index in [4.69, 9.17) is 5.73 Å². The Hall–Kier alpha value is -1.58. The normalized spacial score (nSPS) is 11.6. The summed E-state index contributed by atoms with van der Waals surface area (Å²) >= 11 is 0. The standard InChI is InChI=1S/C13H20FN3/c1-3-17(4-2)13(15)16-9-8-11-6-5-7-12(14)10-11/h5-7,10H,3-4,8-9H2,1-2H3,(H2,15,16). The van der Waals surface area contributed by atoms with Crippen molar-refractivity contribution in [2.75, 3.05) is 19.6 Å². The summed E-state index contributed by atoms with van der Waals surface area (Å²) in [5, 5.41) is 0. The highest BCUT2D eigenvalue weighted by atomic mass is 19.1. The molecule has 0 aliphatic carbocycles. The molecule has 17 heavy (non-hydrogen) atoms. The maximum atomic E-state index is 12.9. The molecule has 0 saturated carbocycles. The van der Waals surface area contributed by atoms with Gasteiger partial charge in [-0.2, -0.15) is 0 Å². The minimum atomic E-state index is -0.205. The lowest BCUT2D eigenvalue weighted by molar-refractivity contribution is 0.458. The number of halogens is 1. The van der Waals surface area contributed by atoms with Gasteiger partial charge in [0.05, 0.1) is 0 Å². The van der Waals surface area contributed by atoms with Crippen LogP contribution in [0.5, 0.6) is 0 Å². The summed E-state index contributed by atoms with van der Waals surface area (Å²) in [6.45, 7) is 6.38. The summed E-state index contributed by atoms with van der Waals surface area (Å²) in [4.78, 5) is 6.28. The summed E-state index contributed by atoms with van der Waals surface area (Å²) in [6.07, 6.45) is 0.708. The molecule has 0 amide bonds. The molecular weight excluding hydrogens is 217 g/mol. The average molecular weight is 237 g/mol. The van der Waals surface area contributed by atoms with Crippen LogP contribution in [-0.2, 0) is 6.42 Å². The molecule has 4 heteroatoms. The summed E-state index contributed by atoms with van der Waals surface area (Å²) in [5.74, 6) is 0.356. The zero-order valence-corrected chi connectivity index (χ0v) is 10.5. The molecule has 0 bridgehead atoms. The topological polar surface area (TPSA) is 41.6 Å². The van der Waals surface area contributed by atoms with Crippen LogP contribution in [0.25, 0.3) is 0 Å². The molecule has 0 atom stereocenters. The molecule has 94 valence electrons. The molecule has 0 saturated heterocycles. The van der Waals surface area contributed by atoms with Crippen molar-refractivity contribution in [2.45, 2.75) is 20.3 Å². The first-order chi connectivity index (χ1) is 8.17. The molecule has 1 aromatic rings. The maximum Gasteiger partial charge on any atom is 0.191 e. The Morgan fingerprint density at radius 1 is 1.35 bits per heavy atom. The van der Waals surface area contributed by atoms with E-state index in [1.165, 1.54) is 12.1 Å². The number of nitrogens with two attached hydrogens (primary N) is 1. The van der Waals surface area contributed by atoms with Gasteiger partial charge < -0.3 is 10.6 Å². The fourth-order valence-corrected chi connectivity index (χ4v) is 1.64. The first-order valence-electron chi connectivity index (χ1n) is 5.96. The van der Waals surface area contributed by atoms with Gasteiger partial charge in [0.25, 0.3) is 0 Å². The predicted molar refractivity (Wildman–Crippen MR) is 69.5 cm³/mol. The Kier molecular flexibility index (Phi) is 5.46. The van der Waals surface area contributed by atoms with Crippen LogP contribution in [0, 0.1) is 5.82 Å². The summed E-state index contributed by atoms with van der Waals surface area (Å²) in [7, 11) is 0. The van der Waals surface area contributed by atoms with Crippen molar-refractivity contribution in [3.05, 3.63) is 35.6 Å². The number of nitrogens with zero attached hydrogens (tertiary/aromatic N) is 2. The molecule has 0 unspecified atom stereocenters. The van der Waals surface area contributed by atoms with E-state index in [1.807, 2.05) is 24.8 Å². The van der Waals surface area contributed by atoms with Crippen LogP contribution in [0.4, 0.5) is 4.39 Å². The lowest BCUT2D eigenvalue weighted by Gasteiger charge is -2.19. The van der Waals surface area contributed by atoms with Crippen LogP contribution in [0.3, 0.4) is 0 Å². The second-order valence-corrected chi connectivity index (χ2v) is 3.79. The highest BCUT2D eigenvalue weighted by molar-refractivity contribution is 5.77. The third-order valence-corrected chi connectivity index (χ3v) is 2.65. The van der Waals surface area contributed by atoms with Gasteiger partial charge in [0.15, 0.2) is 5.96 Å². The van der Waals surface area contributed by atoms with Crippen molar-refractivity contribution >= 4 is 5.96 Å². The number of hydrogen-bond donors (Lipinski definition) is 1. The Bertz CT molecular complexity index is 373. The molecule has 0 aromatic heterocycles. The van der Waals surface area contributed by atoms with Crippen molar-refractivity contribution in [1.29, 1.82) is 0 Å². The number of hydrogen-bond acceptors (Lipinski definition) is 1. The first-order valence-corrected chi connectivity index (χ1v) is 5.96. The lowest BCUT2D eigenvalue weighted by Crippen LogP contribution is -2.37. The van der Waals surface area contributed by atoms with E-state index in [2.05, 4.69) is 4.99 Å². The zero-order chi connectivity index (χ0) is 12.7. The van der Waals surface area contributed by atoms with E-state index < -0.39 is 0 Å². The number of rotatable bonds is 5. The van der Waals surface area contributed by atoms with Gasteiger partial charge in [-0.1, -0.05) is 12.1 Å². The number of guanidine groups is 1. The third kappa shape index (κ3) is 4.43. The molecule has 1 aromatic carbocycles. The van der Waals surface area contributed by atoms with Crippen LogP contribution in [0.15, 0.2) is 29.3 Å². The summed E-state index contributed by atoms with van der Waals surface area (Å²) < 4.78 is 12.9. The Morgan fingerprint density at radius 3 is 2.65 bits per heavy atom. The fraction of sp³-hybridized carbons (Fsp3) is 0.462. The van der Waals surface area contributed by atoms with E-state index in [9.17, 15) is 4.39 Å². The Balaban J connectivity index is 2.49. The van der Waals surface area contributed by atoms with Crippen LogP contribution < -0.4 is 5.73 Å². The van der Waals surface area contributed by atoms with Crippen LogP contribution in [0.1, 0.15) is 19.4 Å². The molecule has 0 heterocycles. The molecule has 2 N–H and O–H groups in total. The number of benzene rings is 1. The maximum absolute atomic E-state index is 12.9. The second kappa shape index (κ2) is 6.89. The highest BCUT2D eigenvalue weighted by Crippen LogP contribution is 2.04. The van der Waals surface area contributed by atoms with Crippen molar-refractivity contribution in [2.24, 2.45) is 10.7 Å². The summed E-state index contributed by atoms with van der Waals surface area (Å²) in [6, 6.07) is 6.58. The molecule has 0 spiro atoms. The van der Waals surface area contributed by atoms with Gasteiger partial charge >= 0.3 is 0 Å². The van der Waals surface area contributed by atoms with Crippen molar-refractivity contribution in [3.63, 3.8) is 0 Å². The van der Waals surface area contributed by atoms with Gasteiger partial charge in [-0.3, -0.25) is 4.99 Å². The average Bonchev–Trinajstić information content (AvgIpc) is 2.30. The molecule has 1 rings (SSSR count). The molecule has 0 radical (unpaired) electrons. The van der Waals surface area contributed by atoms with E-state index in [0.29, 0.717) is 18.9 Å². The molecule has 0 aliphatic heterocycles. The lowest BCUT2D eigenvalue weighted by atomic mass is 10.1. The Morgan fingerprint density at radius 2 is 2.06 bits per heavy atom. The number of aliphatic imine (C=N–C) groups is 1. The minimum absolute atomic E-state index is 0.205. The molecular formula is C13H20FN3. The molecule has 0 fully saturated rings. The fourth-order valence-electron chi connectivity index (χ4n) is 1.64. The van der Waals surface area contributed by atoms with E-state index in [-0.39, 0.29) is 5.82 Å². The van der Waals surface area contributed by atoms with E-state index in [0.717, 1.165) is 18.7 Å². The Labute approximate surface area is 102 Å². The van der Waals surface area contributed by atoms with Gasteiger partial charge in [-0.25, -0.2) is 4.39 Å². The monoisotopic (exact) mass is 237 g/mol. The van der Waals surface area contributed by atoms with E-state index in [1.54, 1.807) is 6.07 Å². The van der Waals surface area contributed by atoms with E-state index >= 15 is 0 Å². The van der Waals surface area contributed by atoms with Crippen LogP contribution in [-0.4, -0.2) is 30.5 Å². The van der Waals surface area contributed by atoms with Crippen molar-refractivity contribution in [1.82, 2.24) is 4.90 Å². The highest BCUT2D eigenvalue weighted by Gasteiger charge is 2.01. The summed E-state index contributed by atoms with van der Waals surface area (Å²) in [5.41, 5.74) is 6.78. The molecule has 0 aliphatic rings. The predicted octanol–water partition coefficient (Wildman–Crippen LogP) is 2.02.